The molecule has 0 aromatic carbocycles. The summed E-state index contributed by atoms with van der Waals surface area (Å²) in [6, 6.07) is 2.76. The number of nitrogens with two attached hydrogens (primary N) is 1. The summed E-state index contributed by atoms with van der Waals surface area (Å²) in [5.41, 5.74) is 2.92. The van der Waals surface area contributed by atoms with Crippen LogP contribution in [0, 0.1) is 0 Å². The Morgan fingerprint density at radius 2 is 2.50 bits per heavy atom. The van der Waals surface area contributed by atoms with Crippen molar-refractivity contribution in [3.63, 3.8) is 0 Å². The van der Waals surface area contributed by atoms with Gasteiger partial charge in [-0.2, -0.15) is 0 Å². The first-order valence-corrected chi connectivity index (χ1v) is 8.01. The summed E-state index contributed by atoms with van der Waals surface area (Å²) >= 11 is 5.29. The Hall–Kier alpha value is 0.0200. The third kappa shape index (κ3) is 2.37. The first-order valence-electron chi connectivity index (χ1n) is 6.34. The van der Waals surface area contributed by atoms with Gasteiger partial charge in [-0.1, -0.05) is 0 Å². The van der Waals surface area contributed by atoms with Crippen LogP contribution in [0.5, 0.6) is 0 Å². The highest BCUT2D eigenvalue weighted by atomic mass is 79.9. The predicted octanol–water partition coefficient (Wildman–Crippen LogP) is 1.88. The highest BCUT2D eigenvalue weighted by Gasteiger charge is 2.36. The summed E-state index contributed by atoms with van der Waals surface area (Å²) in [4.78, 5) is 3.76. The number of hydrogen-bond acceptors (Lipinski definition) is 5. The number of ether oxygens (including phenoxy) is 1. The van der Waals surface area contributed by atoms with Gasteiger partial charge in [0.15, 0.2) is 0 Å². The van der Waals surface area contributed by atoms with Crippen LogP contribution >= 0.6 is 27.3 Å². The van der Waals surface area contributed by atoms with Gasteiger partial charge in [0.1, 0.15) is 0 Å². The molecule has 4 nitrogen and oxygen atoms in total. The number of thiophene rings is 1. The quantitative estimate of drug-likeness (QED) is 0.656. The number of hydrogen-bond donors (Lipinski definition) is 2. The SMILES string of the molecule is NNC(c1sccc1Br)C1CN2CCCC2CO1. The Kier molecular flexibility index (Phi) is 4.03. The van der Waals surface area contributed by atoms with Gasteiger partial charge >= 0.3 is 0 Å². The molecule has 2 aliphatic heterocycles. The Morgan fingerprint density at radius 1 is 1.61 bits per heavy atom. The fraction of sp³-hybridized carbons (Fsp3) is 0.667. The highest BCUT2D eigenvalue weighted by Crippen LogP contribution is 2.34. The number of fused-ring (bicyclic) bond motifs is 1. The van der Waals surface area contributed by atoms with E-state index in [-0.39, 0.29) is 12.1 Å². The van der Waals surface area contributed by atoms with Crippen molar-refractivity contribution in [3.05, 3.63) is 20.8 Å². The smallest absolute Gasteiger partial charge is 0.0918 e. The van der Waals surface area contributed by atoms with Crippen molar-refractivity contribution >= 4 is 27.3 Å². The number of nitrogens with one attached hydrogen (secondary N) is 1. The van der Waals surface area contributed by atoms with E-state index in [1.807, 2.05) is 0 Å². The minimum Gasteiger partial charge on any atom is -0.373 e. The van der Waals surface area contributed by atoms with E-state index < -0.39 is 0 Å². The van der Waals surface area contributed by atoms with E-state index in [2.05, 4.69) is 37.7 Å². The fourth-order valence-corrected chi connectivity index (χ4v) is 4.66. The zero-order valence-corrected chi connectivity index (χ0v) is 12.5. The molecule has 2 saturated heterocycles. The molecular weight excluding hydrogens is 314 g/mol. The molecular formula is C12H18BrN3OS. The third-order valence-corrected chi connectivity index (χ3v) is 5.85. The lowest BCUT2D eigenvalue weighted by molar-refractivity contribution is -0.0649. The number of hydrazine groups is 1. The van der Waals surface area contributed by atoms with Crippen molar-refractivity contribution in [2.75, 3.05) is 19.7 Å². The average molecular weight is 332 g/mol. The molecule has 3 atom stereocenters. The van der Waals surface area contributed by atoms with Crippen LogP contribution in [0.2, 0.25) is 0 Å². The van der Waals surface area contributed by atoms with Crippen molar-refractivity contribution < 1.29 is 4.74 Å². The van der Waals surface area contributed by atoms with Crippen LogP contribution in [0.1, 0.15) is 23.8 Å². The maximum absolute atomic E-state index is 6.03. The molecule has 6 heteroatoms. The molecule has 1 aromatic heterocycles. The zero-order valence-electron chi connectivity index (χ0n) is 10.1. The van der Waals surface area contributed by atoms with E-state index in [9.17, 15) is 0 Å². The topological polar surface area (TPSA) is 50.5 Å². The molecule has 3 rings (SSSR count). The van der Waals surface area contributed by atoms with Crippen LogP contribution in [-0.4, -0.2) is 36.7 Å². The molecule has 0 saturated carbocycles. The van der Waals surface area contributed by atoms with Gasteiger partial charge < -0.3 is 4.74 Å². The Balaban J connectivity index is 1.74. The summed E-state index contributed by atoms with van der Waals surface area (Å²) in [7, 11) is 0. The fourth-order valence-electron chi connectivity index (χ4n) is 2.92. The van der Waals surface area contributed by atoms with E-state index in [4.69, 9.17) is 10.6 Å². The van der Waals surface area contributed by atoms with E-state index in [1.54, 1.807) is 11.3 Å². The van der Waals surface area contributed by atoms with Crippen LogP contribution in [0.25, 0.3) is 0 Å². The molecule has 2 fully saturated rings. The third-order valence-electron chi connectivity index (χ3n) is 3.89. The molecule has 3 N–H and O–H groups in total. The van der Waals surface area contributed by atoms with Gasteiger partial charge in [-0.3, -0.25) is 10.7 Å². The Bertz CT molecular complexity index is 414. The first kappa shape index (κ1) is 13.0. The average Bonchev–Trinajstić information content (AvgIpc) is 2.99. The lowest BCUT2D eigenvalue weighted by atomic mass is 10.1. The molecule has 0 spiro atoms. The van der Waals surface area contributed by atoms with Gasteiger partial charge in [-0.05, 0) is 46.8 Å². The second-order valence-electron chi connectivity index (χ2n) is 4.94. The van der Waals surface area contributed by atoms with Crippen molar-refractivity contribution in [1.82, 2.24) is 10.3 Å². The molecule has 0 radical (unpaired) electrons. The van der Waals surface area contributed by atoms with Gasteiger partial charge in [0.25, 0.3) is 0 Å². The number of morpholine rings is 1. The summed E-state index contributed by atoms with van der Waals surface area (Å²) in [5, 5.41) is 2.07. The van der Waals surface area contributed by atoms with Crippen LogP contribution < -0.4 is 11.3 Å². The second-order valence-corrected chi connectivity index (χ2v) is 6.74. The molecule has 3 unspecified atom stereocenters. The minimum atomic E-state index is 0.0703. The summed E-state index contributed by atoms with van der Waals surface area (Å²) < 4.78 is 7.14. The molecule has 3 heterocycles. The number of rotatable bonds is 3. The number of halogens is 1. The van der Waals surface area contributed by atoms with Crippen LogP contribution in [0.4, 0.5) is 0 Å². The maximum atomic E-state index is 6.03. The van der Waals surface area contributed by atoms with Gasteiger partial charge in [0.2, 0.25) is 0 Å². The Labute approximate surface area is 120 Å². The Morgan fingerprint density at radius 3 is 3.22 bits per heavy atom. The second kappa shape index (κ2) is 5.56. The number of nitrogens with zero attached hydrogens (tertiary/aromatic N) is 1. The molecule has 2 aliphatic rings. The molecule has 0 bridgehead atoms. The molecule has 100 valence electrons. The highest BCUT2D eigenvalue weighted by molar-refractivity contribution is 9.10. The van der Waals surface area contributed by atoms with Gasteiger partial charge in [0, 0.05) is 21.9 Å². The molecule has 0 amide bonds. The first-order chi connectivity index (χ1) is 8.79. The van der Waals surface area contributed by atoms with Crippen LogP contribution in [0.3, 0.4) is 0 Å². The predicted molar refractivity (Wildman–Crippen MR) is 76.4 cm³/mol. The lowest BCUT2D eigenvalue weighted by Crippen LogP contribution is -2.51. The maximum Gasteiger partial charge on any atom is 0.0918 e. The molecule has 1 aromatic rings. The van der Waals surface area contributed by atoms with Crippen molar-refractivity contribution in [2.24, 2.45) is 5.84 Å². The summed E-state index contributed by atoms with van der Waals surface area (Å²) in [6.45, 7) is 3.02. The van der Waals surface area contributed by atoms with Gasteiger partial charge in [-0.15, -0.1) is 11.3 Å². The largest absolute Gasteiger partial charge is 0.373 e. The van der Waals surface area contributed by atoms with Crippen molar-refractivity contribution in [2.45, 2.75) is 31.0 Å². The normalized spacial score (nSPS) is 30.3. The van der Waals surface area contributed by atoms with Gasteiger partial charge in [-0.25, -0.2) is 5.43 Å². The minimum absolute atomic E-state index is 0.0703. The molecule has 0 aliphatic carbocycles. The van der Waals surface area contributed by atoms with E-state index in [0.717, 1.165) is 17.6 Å². The summed E-state index contributed by atoms with van der Waals surface area (Å²) in [5.74, 6) is 5.74. The van der Waals surface area contributed by atoms with Crippen LogP contribution in [0.15, 0.2) is 15.9 Å². The van der Waals surface area contributed by atoms with Crippen LogP contribution in [-0.2, 0) is 4.74 Å². The van der Waals surface area contributed by atoms with E-state index in [0.29, 0.717) is 6.04 Å². The zero-order chi connectivity index (χ0) is 12.5. The van der Waals surface area contributed by atoms with Gasteiger partial charge in [0.05, 0.1) is 18.8 Å². The lowest BCUT2D eigenvalue weighted by Gasteiger charge is -2.38. The van der Waals surface area contributed by atoms with E-state index in [1.165, 1.54) is 24.3 Å². The van der Waals surface area contributed by atoms with E-state index >= 15 is 0 Å². The van der Waals surface area contributed by atoms with Crippen molar-refractivity contribution in [3.8, 4) is 0 Å². The standard InChI is InChI=1S/C12H18BrN3OS/c13-9-3-5-18-12(9)11(15-14)10-6-16-4-1-2-8(16)7-17-10/h3,5,8,10-11,15H,1-2,4,6-7,14H2. The molecule has 18 heavy (non-hydrogen) atoms. The summed E-state index contributed by atoms with van der Waals surface area (Å²) in [6.07, 6.45) is 2.71. The van der Waals surface area contributed by atoms with Crippen molar-refractivity contribution in [1.29, 1.82) is 0 Å². The monoisotopic (exact) mass is 331 g/mol.